The van der Waals surface area contributed by atoms with Crippen molar-refractivity contribution in [2.75, 3.05) is 4.90 Å². The predicted octanol–water partition coefficient (Wildman–Crippen LogP) is 12.9. The second-order valence-electron chi connectivity index (χ2n) is 12.1. The Morgan fingerprint density at radius 3 is 1.36 bits per heavy atom. The summed E-state index contributed by atoms with van der Waals surface area (Å²) in [5, 5.41) is 5.27. The zero-order valence-electron chi connectivity index (χ0n) is 26.3. The van der Waals surface area contributed by atoms with Gasteiger partial charge in [0.2, 0.25) is 0 Å². The molecule has 0 fully saturated rings. The molecule has 0 N–H and O–H groups in total. The maximum atomic E-state index is 2.35. The van der Waals surface area contributed by atoms with Crippen LogP contribution >= 0.6 is 0 Å². The molecule has 0 radical (unpaired) electrons. The number of nitrogens with zero attached hydrogens (tertiary/aromatic N) is 1. The quantitative estimate of drug-likeness (QED) is 0.164. The topological polar surface area (TPSA) is 3.24 Å². The normalized spacial score (nSPS) is 13.1. The van der Waals surface area contributed by atoms with Crippen LogP contribution in [0.1, 0.15) is 24.0 Å². The molecule has 0 amide bonds. The first-order valence-corrected chi connectivity index (χ1v) is 16.4. The van der Waals surface area contributed by atoms with E-state index in [1.54, 1.807) is 0 Å². The lowest BCUT2D eigenvalue weighted by Gasteiger charge is -2.25. The molecule has 0 bridgehead atoms. The van der Waals surface area contributed by atoms with Gasteiger partial charge in [0.1, 0.15) is 0 Å². The van der Waals surface area contributed by atoms with E-state index in [1.165, 1.54) is 54.9 Å². The van der Waals surface area contributed by atoms with Crippen LogP contribution in [0.25, 0.3) is 44.3 Å². The number of allylic oxidation sites excluding steroid dienone is 5. The Morgan fingerprint density at radius 1 is 0.383 bits per heavy atom. The summed E-state index contributed by atoms with van der Waals surface area (Å²) in [5.74, 6) is 0. The van der Waals surface area contributed by atoms with Crippen LogP contribution < -0.4 is 4.90 Å². The molecule has 0 unspecified atom stereocenters. The Hall–Kier alpha value is -5.92. The van der Waals surface area contributed by atoms with Crippen LogP contribution in [0.15, 0.2) is 188 Å². The lowest BCUT2D eigenvalue weighted by molar-refractivity contribution is 1.01. The van der Waals surface area contributed by atoms with Crippen LogP contribution in [0.4, 0.5) is 17.1 Å². The summed E-state index contributed by atoms with van der Waals surface area (Å²) in [7, 11) is 0. The molecule has 47 heavy (non-hydrogen) atoms. The van der Waals surface area contributed by atoms with Crippen molar-refractivity contribution in [3.8, 4) is 11.1 Å². The molecular weight excluding hydrogens is 567 g/mol. The Morgan fingerprint density at radius 2 is 0.851 bits per heavy atom. The molecule has 0 aliphatic heterocycles. The third-order valence-electron chi connectivity index (χ3n) is 9.17. The minimum Gasteiger partial charge on any atom is -0.311 e. The first-order chi connectivity index (χ1) is 23.3. The Bertz CT molecular complexity index is 2160. The molecule has 7 aromatic carbocycles. The van der Waals surface area contributed by atoms with Crippen molar-refractivity contribution in [1.82, 2.24) is 0 Å². The van der Waals surface area contributed by atoms with Crippen LogP contribution in [0.2, 0.25) is 0 Å². The van der Waals surface area contributed by atoms with Gasteiger partial charge in [0.25, 0.3) is 0 Å². The molecule has 1 nitrogen and oxygen atoms in total. The SMILES string of the molecule is C1=C(/C=C/c2ccc(N(c3ccccc3)c3ccccc3)cc2)CCC(c2c3ccccc3c(-c3ccccc3)c3ccccc23)=C1. The molecule has 1 aliphatic rings. The lowest BCUT2D eigenvalue weighted by Crippen LogP contribution is -2.09. The molecule has 0 atom stereocenters. The van der Waals surface area contributed by atoms with Crippen molar-refractivity contribution < 1.29 is 0 Å². The number of rotatable bonds is 7. The number of fused-ring (bicyclic) bond motifs is 2. The minimum absolute atomic E-state index is 1.01. The number of para-hydroxylation sites is 2. The van der Waals surface area contributed by atoms with Crippen molar-refractivity contribution in [2.45, 2.75) is 12.8 Å². The summed E-state index contributed by atoms with van der Waals surface area (Å²) < 4.78 is 0. The van der Waals surface area contributed by atoms with Crippen molar-refractivity contribution in [2.24, 2.45) is 0 Å². The van der Waals surface area contributed by atoms with Gasteiger partial charge in [0.05, 0.1) is 0 Å². The van der Waals surface area contributed by atoms with Gasteiger partial charge in [-0.3, -0.25) is 0 Å². The maximum Gasteiger partial charge on any atom is 0.0462 e. The smallest absolute Gasteiger partial charge is 0.0462 e. The van der Waals surface area contributed by atoms with Gasteiger partial charge in [0, 0.05) is 17.1 Å². The maximum absolute atomic E-state index is 2.35. The highest BCUT2D eigenvalue weighted by molar-refractivity contribution is 6.18. The molecule has 224 valence electrons. The number of hydrogen-bond acceptors (Lipinski definition) is 1. The fourth-order valence-electron chi connectivity index (χ4n) is 6.93. The summed E-state index contributed by atoms with van der Waals surface area (Å²) in [6.45, 7) is 0. The molecular formula is C46H35N. The standard InChI is InChI=1S/C46H35N/c1-4-14-36(15-5-1)45-41-20-10-12-22-43(41)46(44-23-13-11-21-42(44)45)37-30-26-34(27-31-37)24-25-35-28-32-40(33-29-35)47(38-16-6-2-7-17-38)39-18-8-3-9-19-39/h1-26,28-30,32-33H,27,31H2/b25-24+. The van der Waals surface area contributed by atoms with E-state index in [-0.39, 0.29) is 0 Å². The predicted molar refractivity (Wildman–Crippen MR) is 202 cm³/mol. The Kier molecular flexibility index (Phi) is 7.79. The lowest BCUT2D eigenvalue weighted by atomic mass is 9.83. The zero-order chi connectivity index (χ0) is 31.4. The molecule has 1 aliphatic carbocycles. The van der Waals surface area contributed by atoms with Crippen LogP contribution in [-0.4, -0.2) is 0 Å². The van der Waals surface area contributed by atoms with Gasteiger partial charge < -0.3 is 4.90 Å². The van der Waals surface area contributed by atoms with Gasteiger partial charge in [-0.1, -0.05) is 152 Å². The van der Waals surface area contributed by atoms with Gasteiger partial charge in [-0.05, 0) is 104 Å². The highest BCUT2D eigenvalue weighted by atomic mass is 15.1. The fraction of sp³-hybridized carbons (Fsp3) is 0.0435. The first-order valence-electron chi connectivity index (χ1n) is 16.4. The summed E-state index contributed by atoms with van der Waals surface area (Å²) >= 11 is 0. The zero-order valence-corrected chi connectivity index (χ0v) is 26.3. The summed E-state index contributed by atoms with van der Waals surface area (Å²) in [6, 6.07) is 58.6. The van der Waals surface area contributed by atoms with Crippen LogP contribution in [0.5, 0.6) is 0 Å². The first kappa shape index (κ1) is 28.5. The molecule has 0 saturated carbocycles. The fourth-order valence-corrected chi connectivity index (χ4v) is 6.93. The summed E-state index contributed by atoms with van der Waals surface area (Å²) in [5.41, 5.74) is 11.3. The average molecular weight is 602 g/mol. The molecule has 0 saturated heterocycles. The van der Waals surface area contributed by atoms with E-state index >= 15 is 0 Å². The van der Waals surface area contributed by atoms with Crippen molar-refractivity contribution >= 4 is 50.3 Å². The Balaban J connectivity index is 1.10. The molecule has 0 spiro atoms. The number of anilines is 3. The van der Waals surface area contributed by atoms with Crippen LogP contribution in [0.3, 0.4) is 0 Å². The van der Waals surface area contributed by atoms with Gasteiger partial charge in [-0.25, -0.2) is 0 Å². The van der Waals surface area contributed by atoms with Gasteiger partial charge in [-0.15, -0.1) is 0 Å². The van der Waals surface area contributed by atoms with Gasteiger partial charge >= 0.3 is 0 Å². The van der Waals surface area contributed by atoms with E-state index in [2.05, 4.69) is 193 Å². The Labute approximate surface area is 277 Å². The molecule has 1 heteroatoms. The van der Waals surface area contributed by atoms with E-state index in [1.807, 2.05) is 0 Å². The van der Waals surface area contributed by atoms with Gasteiger partial charge in [0.15, 0.2) is 0 Å². The van der Waals surface area contributed by atoms with Crippen molar-refractivity contribution in [1.29, 1.82) is 0 Å². The van der Waals surface area contributed by atoms with E-state index in [4.69, 9.17) is 0 Å². The molecule has 0 heterocycles. The highest BCUT2D eigenvalue weighted by Crippen LogP contribution is 2.43. The third-order valence-corrected chi connectivity index (χ3v) is 9.17. The molecule has 0 aromatic heterocycles. The second kappa shape index (κ2) is 12.8. The van der Waals surface area contributed by atoms with Gasteiger partial charge in [-0.2, -0.15) is 0 Å². The number of hydrogen-bond donors (Lipinski definition) is 0. The number of benzene rings is 7. The monoisotopic (exact) mass is 601 g/mol. The highest BCUT2D eigenvalue weighted by Gasteiger charge is 2.18. The summed E-state index contributed by atoms with van der Waals surface area (Å²) in [6.07, 6.45) is 11.2. The summed E-state index contributed by atoms with van der Waals surface area (Å²) in [4.78, 5) is 2.29. The van der Waals surface area contributed by atoms with E-state index < -0.39 is 0 Å². The van der Waals surface area contributed by atoms with Crippen molar-refractivity contribution in [3.05, 3.63) is 199 Å². The third kappa shape index (κ3) is 5.69. The molecule has 7 aromatic rings. The van der Waals surface area contributed by atoms with Crippen molar-refractivity contribution in [3.63, 3.8) is 0 Å². The van der Waals surface area contributed by atoms with Crippen LogP contribution in [-0.2, 0) is 0 Å². The van der Waals surface area contributed by atoms with E-state index in [0.717, 1.165) is 29.9 Å². The molecule has 8 rings (SSSR count). The average Bonchev–Trinajstić information content (AvgIpc) is 3.15. The largest absolute Gasteiger partial charge is 0.311 e. The van der Waals surface area contributed by atoms with E-state index in [9.17, 15) is 0 Å². The second-order valence-corrected chi connectivity index (χ2v) is 12.1. The minimum atomic E-state index is 1.01. The van der Waals surface area contributed by atoms with Crippen LogP contribution in [0, 0.1) is 0 Å². The van der Waals surface area contributed by atoms with E-state index in [0.29, 0.717) is 0 Å².